The Labute approximate surface area is 188 Å². The molecule has 1 amide bonds. The van der Waals surface area contributed by atoms with Crippen molar-refractivity contribution >= 4 is 27.3 Å². The summed E-state index contributed by atoms with van der Waals surface area (Å²) in [5.41, 5.74) is 1.11. The lowest BCUT2D eigenvalue weighted by molar-refractivity contribution is 0.0939. The number of amides is 1. The highest BCUT2D eigenvalue weighted by Crippen LogP contribution is 2.29. The van der Waals surface area contributed by atoms with Crippen LogP contribution in [0.5, 0.6) is 5.75 Å². The summed E-state index contributed by atoms with van der Waals surface area (Å²) in [7, 11) is -1.99. The van der Waals surface area contributed by atoms with Gasteiger partial charge in [0.05, 0.1) is 13.2 Å². The molecule has 0 aliphatic carbocycles. The van der Waals surface area contributed by atoms with Gasteiger partial charge in [0, 0.05) is 19.6 Å². The van der Waals surface area contributed by atoms with E-state index in [2.05, 4.69) is 10.2 Å². The highest BCUT2D eigenvalue weighted by atomic mass is 32.2. The fourth-order valence-electron chi connectivity index (χ4n) is 4.34. The van der Waals surface area contributed by atoms with E-state index in [9.17, 15) is 13.2 Å². The van der Waals surface area contributed by atoms with Crippen LogP contribution in [-0.4, -0.2) is 63.4 Å². The Bertz CT molecular complexity index is 992. The largest absolute Gasteiger partial charge is 0.497 e. The third-order valence-electron chi connectivity index (χ3n) is 6.06. The molecule has 2 aromatic rings. The molecule has 1 atom stereocenters. The molecule has 1 unspecified atom stereocenters. The first kappa shape index (κ1) is 22.3. The molecule has 1 aromatic heterocycles. The number of hydrogen-bond acceptors (Lipinski definition) is 6. The van der Waals surface area contributed by atoms with Crippen LogP contribution in [-0.2, 0) is 10.0 Å². The van der Waals surface area contributed by atoms with Gasteiger partial charge in [-0.2, -0.15) is 4.31 Å². The van der Waals surface area contributed by atoms with E-state index in [4.69, 9.17) is 4.74 Å². The van der Waals surface area contributed by atoms with Crippen LogP contribution in [0.25, 0.3) is 0 Å². The lowest BCUT2D eigenvalue weighted by Gasteiger charge is -2.28. The first-order chi connectivity index (χ1) is 15.0. The second kappa shape index (κ2) is 9.68. The van der Waals surface area contributed by atoms with E-state index in [0.717, 1.165) is 50.1 Å². The van der Waals surface area contributed by atoms with Crippen molar-refractivity contribution in [2.24, 2.45) is 0 Å². The highest BCUT2D eigenvalue weighted by molar-refractivity contribution is 7.89. The van der Waals surface area contributed by atoms with E-state index in [0.29, 0.717) is 19.6 Å². The third kappa shape index (κ3) is 4.79. The fourth-order valence-corrected chi connectivity index (χ4v) is 7.17. The number of thiophene rings is 1. The predicted molar refractivity (Wildman–Crippen MR) is 121 cm³/mol. The zero-order chi connectivity index (χ0) is 21.8. The summed E-state index contributed by atoms with van der Waals surface area (Å²) in [5, 5.41) is 4.69. The molecule has 2 aliphatic heterocycles. The lowest BCUT2D eigenvalue weighted by Crippen LogP contribution is -2.37. The minimum absolute atomic E-state index is 0.0379. The van der Waals surface area contributed by atoms with Crippen LogP contribution >= 0.6 is 11.3 Å². The number of methoxy groups -OCH3 is 1. The second-order valence-electron chi connectivity index (χ2n) is 7.97. The molecule has 2 aliphatic rings. The van der Waals surface area contributed by atoms with Crippen LogP contribution in [0.15, 0.2) is 40.6 Å². The van der Waals surface area contributed by atoms with Gasteiger partial charge in [0.25, 0.3) is 5.91 Å². The average molecular weight is 464 g/mol. The number of nitrogens with zero attached hydrogens (tertiary/aromatic N) is 2. The molecule has 4 rings (SSSR count). The zero-order valence-electron chi connectivity index (χ0n) is 17.7. The van der Waals surface area contributed by atoms with Gasteiger partial charge in [-0.05, 0) is 67.9 Å². The molecule has 9 heteroatoms. The molecule has 3 heterocycles. The first-order valence-corrected chi connectivity index (χ1v) is 13.1. The van der Waals surface area contributed by atoms with Crippen molar-refractivity contribution in [3.05, 3.63) is 46.2 Å². The Kier molecular flexibility index (Phi) is 6.95. The van der Waals surface area contributed by atoms with E-state index >= 15 is 0 Å². The van der Waals surface area contributed by atoms with Crippen molar-refractivity contribution in [2.45, 2.75) is 36.6 Å². The van der Waals surface area contributed by atoms with E-state index in [-0.39, 0.29) is 21.7 Å². The second-order valence-corrected chi connectivity index (χ2v) is 10.8. The van der Waals surface area contributed by atoms with Crippen LogP contribution in [0.1, 0.15) is 47.0 Å². The molecular weight excluding hydrogens is 434 g/mol. The maximum absolute atomic E-state index is 13.0. The van der Waals surface area contributed by atoms with Gasteiger partial charge in [-0.1, -0.05) is 12.1 Å². The smallest absolute Gasteiger partial charge is 0.262 e. The summed E-state index contributed by atoms with van der Waals surface area (Å²) in [5.74, 6) is 0.466. The molecule has 0 radical (unpaired) electrons. The number of carbonyl (C=O) groups is 1. The Morgan fingerprint density at radius 2 is 1.71 bits per heavy atom. The predicted octanol–water partition coefficient (Wildman–Crippen LogP) is 3.11. The Hall–Kier alpha value is -1.94. The summed E-state index contributed by atoms with van der Waals surface area (Å²) in [6.45, 7) is 3.44. The van der Waals surface area contributed by atoms with E-state index in [1.165, 1.54) is 15.6 Å². The van der Waals surface area contributed by atoms with Gasteiger partial charge in [0.1, 0.15) is 15.5 Å². The van der Waals surface area contributed by atoms with Gasteiger partial charge in [-0.15, -0.1) is 11.3 Å². The van der Waals surface area contributed by atoms with Gasteiger partial charge in [-0.25, -0.2) is 8.42 Å². The summed E-state index contributed by atoms with van der Waals surface area (Å²) < 4.78 is 32.7. The van der Waals surface area contributed by atoms with E-state index in [1.807, 2.05) is 24.3 Å². The van der Waals surface area contributed by atoms with Crippen LogP contribution < -0.4 is 10.1 Å². The standard InChI is InChI=1S/C22H29N3O4S2/c1-29-18-8-6-17(7-9-18)19(24-11-2-3-12-24)16-23-22(26)21-20(10-15-30-21)31(27,28)25-13-4-5-14-25/h6-10,15,19H,2-5,11-14,16H2,1H3,(H,23,26). The quantitative estimate of drug-likeness (QED) is 0.651. The molecule has 2 fully saturated rings. The van der Waals surface area contributed by atoms with Crippen LogP contribution in [0, 0.1) is 0 Å². The first-order valence-electron chi connectivity index (χ1n) is 10.7. The molecule has 0 bridgehead atoms. The molecular formula is C22H29N3O4S2. The Balaban J connectivity index is 1.50. The monoisotopic (exact) mass is 463 g/mol. The number of ether oxygens (including phenoxy) is 1. The maximum atomic E-state index is 13.0. The van der Waals surface area contributed by atoms with Crippen molar-refractivity contribution in [3.63, 3.8) is 0 Å². The van der Waals surface area contributed by atoms with Crippen molar-refractivity contribution in [3.8, 4) is 5.75 Å². The van der Waals surface area contributed by atoms with Gasteiger partial charge in [-0.3, -0.25) is 9.69 Å². The molecule has 168 valence electrons. The number of hydrogen-bond donors (Lipinski definition) is 1. The number of likely N-dealkylation sites (tertiary alicyclic amines) is 1. The summed E-state index contributed by atoms with van der Waals surface area (Å²) in [6.07, 6.45) is 4.02. The third-order valence-corrected chi connectivity index (χ3v) is 9.04. The number of nitrogens with one attached hydrogen (secondary N) is 1. The van der Waals surface area contributed by atoms with Crippen LogP contribution in [0.4, 0.5) is 0 Å². The van der Waals surface area contributed by atoms with Gasteiger partial charge >= 0.3 is 0 Å². The van der Waals surface area contributed by atoms with Crippen molar-refractivity contribution in [2.75, 3.05) is 39.8 Å². The van der Waals surface area contributed by atoms with Gasteiger partial charge < -0.3 is 10.1 Å². The van der Waals surface area contributed by atoms with Crippen molar-refractivity contribution in [1.29, 1.82) is 0 Å². The topological polar surface area (TPSA) is 78.9 Å². The van der Waals surface area contributed by atoms with Crippen molar-refractivity contribution in [1.82, 2.24) is 14.5 Å². The minimum atomic E-state index is -3.63. The summed E-state index contributed by atoms with van der Waals surface area (Å²) in [4.78, 5) is 15.8. The number of benzene rings is 1. The summed E-state index contributed by atoms with van der Waals surface area (Å²) >= 11 is 1.18. The molecule has 1 aromatic carbocycles. The van der Waals surface area contributed by atoms with Crippen LogP contribution in [0.3, 0.4) is 0 Å². The highest BCUT2D eigenvalue weighted by Gasteiger charge is 2.32. The zero-order valence-corrected chi connectivity index (χ0v) is 19.4. The molecule has 0 spiro atoms. The molecule has 7 nitrogen and oxygen atoms in total. The minimum Gasteiger partial charge on any atom is -0.497 e. The van der Waals surface area contributed by atoms with E-state index < -0.39 is 10.0 Å². The maximum Gasteiger partial charge on any atom is 0.262 e. The molecule has 0 saturated carbocycles. The number of sulfonamides is 1. The SMILES string of the molecule is COc1ccc(C(CNC(=O)c2sccc2S(=O)(=O)N2CCCC2)N2CCCC2)cc1. The summed E-state index contributed by atoms with van der Waals surface area (Å²) in [6, 6.07) is 9.51. The molecule has 2 saturated heterocycles. The van der Waals surface area contributed by atoms with Crippen LogP contribution in [0.2, 0.25) is 0 Å². The van der Waals surface area contributed by atoms with Gasteiger partial charge in [0.2, 0.25) is 10.0 Å². The number of rotatable bonds is 8. The normalized spacial score (nSPS) is 18.9. The average Bonchev–Trinajstić information content (AvgIpc) is 3.56. The lowest BCUT2D eigenvalue weighted by atomic mass is 10.1. The Morgan fingerprint density at radius 1 is 1.06 bits per heavy atom. The van der Waals surface area contributed by atoms with Crippen molar-refractivity contribution < 1.29 is 17.9 Å². The number of carbonyl (C=O) groups excluding carboxylic acids is 1. The van der Waals surface area contributed by atoms with Gasteiger partial charge in [0.15, 0.2) is 0 Å². The van der Waals surface area contributed by atoms with E-state index in [1.54, 1.807) is 18.6 Å². The fraction of sp³-hybridized carbons (Fsp3) is 0.500. The Morgan fingerprint density at radius 3 is 2.35 bits per heavy atom. The molecule has 31 heavy (non-hydrogen) atoms. The molecule has 1 N–H and O–H groups in total.